The smallest absolute Gasteiger partial charge is 0.0545 e. The van der Waals surface area contributed by atoms with Crippen LogP contribution in [0, 0.1) is 0 Å². The Morgan fingerprint density at radius 1 is 1.55 bits per heavy atom. The van der Waals surface area contributed by atoms with E-state index < -0.39 is 0 Å². The average molecular weight is 156 g/mol. The molecule has 0 saturated carbocycles. The Balaban J connectivity index is 2.44. The van der Waals surface area contributed by atoms with Crippen LogP contribution in [0.5, 0.6) is 0 Å². The number of hydrogen-bond donors (Lipinski definition) is 1. The van der Waals surface area contributed by atoms with Gasteiger partial charge in [-0.15, -0.1) is 0 Å². The van der Waals surface area contributed by atoms with E-state index in [9.17, 15) is 0 Å². The molecule has 1 fully saturated rings. The van der Waals surface area contributed by atoms with Crippen molar-refractivity contribution in [1.29, 1.82) is 0 Å². The quantitative estimate of drug-likeness (QED) is 0.657. The van der Waals surface area contributed by atoms with Crippen molar-refractivity contribution in [2.24, 2.45) is 5.73 Å². The summed E-state index contributed by atoms with van der Waals surface area (Å²) in [5.74, 6) is 0. The molecule has 0 aromatic carbocycles. The van der Waals surface area contributed by atoms with Gasteiger partial charge in [0, 0.05) is 6.04 Å². The second-order valence-electron chi connectivity index (χ2n) is 3.54. The minimum absolute atomic E-state index is 0.250. The maximum Gasteiger partial charge on any atom is 0.0545 e. The fourth-order valence-electron chi connectivity index (χ4n) is 2.00. The Labute approximate surface area is 69.8 Å². The molecule has 1 aliphatic heterocycles. The van der Waals surface area contributed by atoms with Crippen LogP contribution in [0.1, 0.15) is 39.5 Å². The number of nitrogens with two attached hydrogens (primary N) is 1. The van der Waals surface area contributed by atoms with Crippen LogP contribution in [-0.4, -0.2) is 23.7 Å². The lowest BCUT2D eigenvalue weighted by Gasteiger charge is -2.37. The fourth-order valence-corrected chi connectivity index (χ4v) is 2.00. The molecule has 1 heterocycles. The summed E-state index contributed by atoms with van der Waals surface area (Å²) in [6.45, 7) is 5.55. The van der Waals surface area contributed by atoms with Gasteiger partial charge in [-0.25, -0.2) is 0 Å². The summed E-state index contributed by atoms with van der Waals surface area (Å²) in [5, 5.41) is 0. The summed E-state index contributed by atoms with van der Waals surface area (Å²) in [6, 6.07) is 0.753. The molecular weight excluding hydrogens is 136 g/mol. The lowest BCUT2D eigenvalue weighted by atomic mass is 10.00. The fraction of sp³-hybridized carbons (Fsp3) is 1.00. The summed E-state index contributed by atoms with van der Waals surface area (Å²) in [7, 11) is 0. The number of piperidine rings is 1. The van der Waals surface area contributed by atoms with Crippen LogP contribution in [0.15, 0.2) is 0 Å². The lowest BCUT2D eigenvalue weighted by Crippen LogP contribution is -2.48. The molecule has 2 N–H and O–H groups in total. The molecule has 2 heteroatoms. The van der Waals surface area contributed by atoms with Gasteiger partial charge >= 0.3 is 0 Å². The molecule has 0 aromatic rings. The Morgan fingerprint density at radius 2 is 2.27 bits per heavy atom. The Hall–Kier alpha value is -0.0800. The second kappa shape index (κ2) is 4.07. The van der Waals surface area contributed by atoms with Crippen LogP contribution < -0.4 is 5.73 Å². The molecule has 2 atom stereocenters. The molecular formula is C9H20N2. The highest BCUT2D eigenvalue weighted by molar-refractivity contribution is 4.77. The van der Waals surface area contributed by atoms with Crippen LogP contribution in [0.4, 0.5) is 0 Å². The van der Waals surface area contributed by atoms with Crippen LogP contribution in [0.25, 0.3) is 0 Å². The van der Waals surface area contributed by atoms with E-state index in [1.807, 2.05) is 0 Å². The molecule has 0 spiro atoms. The third-order valence-corrected chi connectivity index (χ3v) is 2.67. The average Bonchev–Trinajstić information content (AvgIpc) is 2.04. The van der Waals surface area contributed by atoms with Crippen LogP contribution in [0.2, 0.25) is 0 Å². The number of hydrogen-bond acceptors (Lipinski definition) is 2. The first-order valence-corrected chi connectivity index (χ1v) is 4.77. The van der Waals surface area contributed by atoms with E-state index in [4.69, 9.17) is 5.73 Å². The molecule has 0 bridgehead atoms. The van der Waals surface area contributed by atoms with E-state index in [0.29, 0.717) is 0 Å². The summed E-state index contributed by atoms with van der Waals surface area (Å²) >= 11 is 0. The van der Waals surface area contributed by atoms with E-state index >= 15 is 0 Å². The first kappa shape index (κ1) is 9.01. The van der Waals surface area contributed by atoms with Gasteiger partial charge < -0.3 is 5.73 Å². The zero-order chi connectivity index (χ0) is 8.27. The van der Waals surface area contributed by atoms with Crippen molar-refractivity contribution < 1.29 is 0 Å². The molecule has 1 saturated heterocycles. The molecule has 0 aliphatic carbocycles. The van der Waals surface area contributed by atoms with Gasteiger partial charge in [-0.05, 0) is 32.7 Å². The zero-order valence-corrected chi connectivity index (χ0v) is 7.71. The van der Waals surface area contributed by atoms with Crippen molar-refractivity contribution in [3.8, 4) is 0 Å². The van der Waals surface area contributed by atoms with Crippen molar-refractivity contribution in [2.45, 2.75) is 51.7 Å². The van der Waals surface area contributed by atoms with E-state index in [-0.39, 0.29) is 6.17 Å². The van der Waals surface area contributed by atoms with Gasteiger partial charge in [0.1, 0.15) is 0 Å². The summed E-state index contributed by atoms with van der Waals surface area (Å²) in [5.41, 5.74) is 5.86. The van der Waals surface area contributed by atoms with E-state index in [2.05, 4.69) is 18.7 Å². The van der Waals surface area contributed by atoms with Crippen LogP contribution in [0.3, 0.4) is 0 Å². The second-order valence-corrected chi connectivity index (χ2v) is 3.54. The predicted molar refractivity (Wildman–Crippen MR) is 48.3 cm³/mol. The van der Waals surface area contributed by atoms with Gasteiger partial charge in [0.15, 0.2) is 0 Å². The minimum Gasteiger partial charge on any atom is -0.316 e. The van der Waals surface area contributed by atoms with Gasteiger partial charge in [0.05, 0.1) is 6.17 Å². The number of rotatable bonds is 2. The molecule has 1 unspecified atom stereocenters. The Kier molecular flexibility index (Phi) is 3.34. The van der Waals surface area contributed by atoms with Gasteiger partial charge in [-0.1, -0.05) is 13.3 Å². The van der Waals surface area contributed by atoms with Crippen molar-refractivity contribution >= 4 is 0 Å². The first-order chi connectivity index (χ1) is 5.25. The van der Waals surface area contributed by atoms with Crippen LogP contribution in [-0.2, 0) is 0 Å². The highest BCUT2D eigenvalue weighted by atomic mass is 15.2. The third kappa shape index (κ3) is 2.17. The van der Waals surface area contributed by atoms with Gasteiger partial charge in [-0.2, -0.15) is 0 Å². The maximum absolute atomic E-state index is 5.86. The van der Waals surface area contributed by atoms with E-state index in [0.717, 1.165) is 6.04 Å². The summed E-state index contributed by atoms with van der Waals surface area (Å²) in [4.78, 5) is 2.43. The number of likely N-dealkylation sites (tertiary alicyclic amines) is 1. The van der Waals surface area contributed by atoms with Gasteiger partial charge in [0.25, 0.3) is 0 Å². The van der Waals surface area contributed by atoms with Crippen molar-refractivity contribution in [2.75, 3.05) is 6.54 Å². The third-order valence-electron chi connectivity index (χ3n) is 2.67. The largest absolute Gasteiger partial charge is 0.316 e. The highest BCUT2D eigenvalue weighted by Crippen LogP contribution is 2.19. The van der Waals surface area contributed by atoms with Crippen LogP contribution >= 0.6 is 0 Å². The van der Waals surface area contributed by atoms with Crippen molar-refractivity contribution in [3.63, 3.8) is 0 Å². The molecule has 1 rings (SSSR count). The monoisotopic (exact) mass is 156 g/mol. The standard InChI is InChI=1S/C9H20N2/c1-3-9-6-4-5-7-11(9)8(2)10/h8-9H,3-7,10H2,1-2H3/t8?,9-/m1/s1. The number of nitrogens with zero attached hydrogens (tertiary/aromatic N) is 1. The van der Waals surface area contributed by atoms with E-state index in [1.165, 1.54) is 32.2 Å². The summed E-state index contributed by atoms with van der Waals surface area (Å²) in [6.07, 6.45) is 5.57. The highest BCUT2D eigenvalue weighted by Gasteiger charge is 2.22. The topological polar surface area (TPSA) is 29.3 Å². The SMILES string of the molecule is CC[C@@H]1CCCCN1C(C)N. The first-order valence-electron chi connectivity index (χ1n) is 4.77. The lowest BCUT2D eigenvalue weighted by molar-refractivity contribution is 0.103. The Morgan fingerprint density at radius 3 is 2.73 bits per heavy atom. The summed E-state index contributed by atoms with van der Waals surface area (Å²) < 4.78 is 0. The molecule has 66 valence electrons. The molecule has 0 amide bonds. The minimum atomic E-state index is 0.250. The van der Waals surface area contributed by atoms with Crippen molar-refractivity contribution in [3.05, 3.63) is 0 Å². The maximum atomic E-state index is 5.86. The molecule has 11 heavy (non-hydrogen) atoms. The molecule has 1 aliphatic rings. The van der Waals surface area contributed by atoms with Gasteiger partial charge in [0.2, 0.25) is 0 Å². The zero-order valence-electron chi connectivity index (χ0n) is 7.71. The molecule has 2 nitrogen and oxygen atoms in total. The predicted octanol–water partition coefficient (Wildman–Crippen LogP) is 1.56. The van der Waals surface area contributed by atoms with E-state index in [1.54, 1.807) is 0 Å². The van der Waals surface area contributed by atoms with Gasteiger partial charge in [-0.3, -0.25) is 4.90 Å². The Bertz CT molecular complexity index is 112. The normalized spacial score (nSPS) is 30.3. The molecule has 0 radical (unpaired) electrons. The van der Waals surface area contributed by atoms with Crippen molar-refractivity contribution in [1.82, 2.24) is 4.90 Å². The molecule has 0 aromatic heterocycles.